The summed E-state index contributed by atoms with van der Waals surface area (Å²) in [6.45, 7) is 6.90. The normalized spacial score (nSPS) is 16.1. The maximum atomic E-state index is 13.1. The van der Waals surface area contributed by atoms with Gasteiger partial charge in [-0.1, -0.05) is 30.6 Å². The monoisotopic (exact) mass is 485 g/mol. The van der Waals surface area contributed by atoms with Crippen molar-refractivity contribution < 1.29 is 13.2 Å². The van der Waals surface area contributed by atoms with Gasteiger partial charge in [0.25, 0.3) is 5.91 Å². The van der Waals surface area contributed by atoms with Crippen LogP contribution in [-0.2, 0) is 16.6 Å². The van der Waals surface area contributed by atoms with E-state index in [2.05, 4.69) is 31.0 Å². The van der Waals surface area contributed by atoms with E-state index in [0.717, 1.165) is 35.9 Å². The standard InChI is InChI=1S/C25H31N3O3S2/c1-5-28-22-15-17(2)18(3)16-23(22)32-25(28)26-24(29)19-11-13-21(14-12-19)33(30,31)27(4)20-9-7-6-8-10-20/h11-16,20H,5-10H2,1-4H3. The van der Waals surface area contributed by atoms with E-state index in [4.69, 9.17) is 0 Å². The molecular formula is C25H31N3O3S2. The lowest BCUT2D eigenvalue weighted by Gasteiger charge is -2.30. The Morgan fingerprint density at radius 2 is 1.73 bits per heavy atom. The third-order valence-corrected chi connectivity index (χ3v) is 9.64. The summed E-state index contributed by atoms with van der Waals surface area (Å²) >= 11 is 1.49. The second kappa shape index (κ2) is 9.52. The van der Waals surface area contributed by atoms with Crippen LogP contribution in [-0.4, -0.2) is 36.3 Å². The summed E-state index contributed by atoms with van der Waals surface area (Å²) in [5, 5.41) is 0. The van der Waals surface area contributed by atoms with Crippen LogP contribution in [0.25, 0.3) is 10.2 Å². The summed E-state index contributed by atoms with van der Waals surface area (Å²) in [6.07, 6.45) is 5.09. The van der Waals surface area contributed by atoms with Gasteiger partial charge in [0.1, 0.15) is 0 Å². The largest absolute Gasteiger partial charge is 0.317 e. The number of nitrogens with zero attached hydrogens (tertiary/aromatic N) is 3. The Labute approximate surface area is 199 Å². The van der Waals surface area contributed by atoms with Crippen LogP contribution in [0.1, 0.15) is 60.5 Å². The molecule has 1 fully saturated rings. The van der Waals surface area contributed by atoms with Crippen LogP contribution in [0.3, 0.4) is 0 Å². The molecule has 0 N–H and O–H groups in total. The third-order valence-electron chi connectivity index (χ3n) is 6.68. The summed E-state index contributed by atoms with van der Waals surface area (Å²) in [5.74, 6) is -0.373. The first-order valence-electron chi connectivity index (χ1n) is 11.5. The van der Waals surface area contributed by atoms with Crippen LogP contribution >= 0.6 is 11.3 Å². The van der Waals surface area contributed by atoms with Gasteiger partial charge in [-0.05, 0) is 81.1 Å². The number of fused-ring (bicyclic) bond motifs is 1. The molecule has 0 atom stereocenters. The van der Waals surface area contributed by atoms with E-state index in [1.807, 2.05) is 11.5 Å². The van der Waals surface area contributed by atoms with Crippen LogP contribution in [0.2, 0.25) is 0 Å². The SMILES string of the molecule is CCn1c(=NC(=O)c2ccc(S(=O)(=O)N(C)C3CCCCC3)cc2)sc2cc(C)c(C)cc21. The second-order valence-corrected chi connectivity index (χ2v) is 11.8. The molecule has 8 heteroatoms. The first-order valence-corrected chi connectivity index (χ1v) is 13.8. The zero-order valence-electron chi connectivity index (χ0n) is 19.7. The zero-order valence-corrected chi connectivity index (χ0v) is 21.3. The molecule has 2 aromatic carbocycles. The summed E-state index contributed by atoms with van der Waals surface area (Å²) in [6, 6.07) is 10.5. The van der Waals surface area contributed by atoms with Crippen molar-refractivity contribution in [1.82, 2.24) is 8.87 Å². The lowest BCUT2D eigenvalue weighted by molar-refractivity contribution is 0.0997. The molecule has 0 bridgehead atoms. The van der Waals surface area contributed by atoms with Crippen molar-refractivity contribution >= 4 is 37.5 Å². The fourth-order valence-corrected chi connectivity index (χ4v) is 7.03. The van der Waals surface area contributed by atoms with Gasteiger partial charge in [-0.2, -0.15) is 9.30 Å². The van der Waals surface area contributed by atoms with Gasteiger partial charge in [-0.3, -0.25) is 4.79 Å². The molecular weight excluding hydrogens is 454 g/mol. The number of amides is 1. The van der Waals surface area contributed by atoms with Gasteiger partial charge in [0.2, 0.25) is 10.0 Å². The maximum Gasteiger partial charge on any atom is 0.279 e. The second-order valence-electron chi connectivity index (χ2n) is 8.79. The first-order chi connectivity index (χ1) is 15.7. The van der Waals surface area contributed by atoms with Gasteiger partial charge < -0.3 is 4.57 Å². The fraction of sp³-hybridized carbons (Fsp3) is 0.440. The average Bonchev–Trinajstić information content (AvgIpc) is 3.14. The molecule has 1 aliphatic carbocycles. The van der Waals surface area contributed by atoms with E-state index < -0.39 is 10.0 Å². The van der Waals surface area contributed by atoms with Crippen molar-refractivity contribution in [2.75, 3.05) is 7.05 Å². The molecule has 0 spiro atoms. The predicted molar refractivity (Wildman–Crippen MR) is 133 cm³/mol. The van der Waals surface area contributed by atoms with Crippen molar-refractivity contribution in [3.63, 3.8) is 0 Å². The van der Waals surface area contributed by atoms with Crippen LogP contribution in [0, 0.1) is 13.8 Å². The minimum absolute atomic E-state index is 0.0461. The molecule has 176 valence electrons. The number of benzene rings is 2. The molecule has 1 amide bonds. The van der Waals surface area contributed by atoms with Gasteiger partial charge >= 0.3 is 0 Å². The number of rotatable bonds is 5. The van der Waals surface area contributed by atoms with Crippen molar-refractivity contribution in [3.8, 4) is 0 Å². The Kier molecular flexibility index (Phi) is 6.88. The number of carbonyl (C=O) groups is 1. The van der Waals surface area contributed by atoms with Gasteiger partial charge in [0.15, 0.2) is 4.80 Å². The summed E-state index contributed by atoms with van der Waals surface area (Å²) in [7, 11) is -1.93. The van der Waals surface area contributed by atoms with Gasteiger partial charge in [0, 0.05) is 25.2 Å². The Morgan fingerprint density at radius 3 is 2.36 bits per heavy atom. The zero-order chi connectivity index (χ0) is 23.8. The molecule has 0 saturated heterocycles. The predicted octanol–water partition coefficient (Wildman–Crippen LogP) is 5.03. The number of hydrogen-bond acceptors (Lipinski definition) is 4. The lowest BCUT2D eigenvalue weighted by atomic mass is 9.96. The molecule has 1 heterocycles. The van der Waals surface area contributed by atoms with Crippen LogP contribution in [0.4, 0.5) is 0 Å². The molecule has 1 aliphatic rings. The highest BCUT2D eigenvalue weighted by Gasteiger charge is 2.29. The number of aryl methyl sites for hydroxylation is 3. The first kappa shape index (κ1) is 23.9. The highest BCUT2D eigenvalue weighted by atomic mass is 32.2. The van der Waals surface area contributed by atoms with Crippen molar-refractivity contribution in [3.05, 3.63) is 57.9 Å². The van der Waals surface area contributed by atoms with Crippen molar-refractivity contribution in [1.29, 1.82) is 0 Å². The van der Waals surface area contributed by atoms with Crippen LogP contribution in [0.5, 0.6) is 0 Å². The Bertz CT molecular complexity index is 1350. The number of aromatic nitrogens is 1. The van der Waals surface area contributed by atoms with E-state index in [0.29, 0.717) is 16.9 Å². The van der Waals surface area contributed by atoms with E-state index in [1.165, 1.54) is 45.3 Å². The van der Waals surface area contributed by atoms with E-state index in [1.54, 1.807) is 19.2 Å². The molecule has 0 unspecified atom stereocenters. The lowest BCUT2D eigenvalue weighted by Crippen LogP contribution is -2.38. The average molecular weight is 486 g/mol. The number of thiazole rings is 1. The number of hydrogen-bond donors (Lipinski definition) is 0. The highest BCUT2D eigenvalue weighted by Crippen LogP contribution is 2.27. The number of carbonyl (C=O) groups excluding carboxylic acids is 1. The highest BCUT2D eigenvalue weighted by molar-refractivity contribution is 7.89. The third kappa shape index (κ3) is 4.69. The Balaban J connectivity index is 1.62. The van der Waals surface area contributed by atoms with Crippen molar-refractivity contribution in [2.45, 2.75) is 70.4 Å². The molecule has 33 heavy (non-hydrogen) atoms. The van der Waals surface area contributed by atoms with Crippen molar-refractivity contribution in [2.24, 2.45) is 4.99 Å². The van der Waals surface area contributed by atoms with E-state index in [-0.39, 0.29) is 16.8 Å². The molecule has 6 nitrogen and oxygen atoms in total. The fourth-order valence-electron chi connectivity index (χ4n) is 4.44. The molecule has 0 radical (unpaired) electrons. The minimum atomic E-state index is -3.59. The molecule has 4 rings (SSSR count). The van der Waals surface area contributed by atoms with E-state index in [9.17, 15) is 13.2 Å². The quantitative estimate of drug-likeness (QED) is 0.509. The molecule has 3 aromatic rings. The molecule has 0 aliphatic heterocycles. The smallest absolute Gasteiger partial charge is 0.279 e. The van der Waals surface area contributed by atoms with Gasteiger partial charge in [-0.15, -0.1) is 0 Å². The Morgan fingerprint density at radius 1 is 1.09 bits per heavy atom. The van der Waals surface area contributed by atoms with Gasteiger partial charge in [-0.25, -0.2) is 8.42 Å². The van der Waals surface area contributed by atoms with E-state index >= 15 is 0 Å². The molecule has 1 aromatic heterocycles. The Hall–Kier alpha value is -2.29. The topological polar surface area (TPSA) is 71.7 Å². The van der Waals surface area contributed by atoms with Gasteiger partial charge in [0.05, 0.1) is 15.1 Å². The summed E-state index contributed by atoms with van der Waals surface area (Å²) in [4.78, 5) is 18.1. The number of sulfonamides is 1. The molecule has 1 saturated carbocycles. The maximum absolute atomic E-state index is 13.1. The van der Waals surface area contributed by atoms with Crippen LogP contribution < -0.4 is 4.80 Å². The van der Waals surface area contributed by atoms with Crippen LogP contribution in [0.15, 0.2) is 46.3 Å². The summed E-state index contributed by atoms with van der Waals surface area (Å²) in [5.41, 5.74) is 3.86. The minimum Gasteiger partial charge on any atom is -0.317 e. The summed E-state index contributed by atoms with van der Waals surface area (Å²) < 4.78 is 30.8.